The highest BCUT2D eigenvalue weighted by atomic mass is 16.7. The molecule has 0 bridgehead atoms. The number of imide groups is 1. The molecule has 52 heavy (non-hydrogen) atoms. The van der Waals surface area contributed by atoms with E-state index in [0.29, 0.717) is 86.3 Å². The number of hydrogen-bond acceptors (Lipinski definition) is 12. The van der Waals surface area contributed by atoms with Crippen LogP contribution in [0.2, 0.25) is 0 Å². The number of likely N-dealkylation sites (N-methyl/N-ethyl adjacent to an activating group) is 1. The van der Waals surface area contributed by atoms with E-state index in [4.69, 9.17) is 28.5 Å². The van der Waals surface area contributed by atoms with Gasteiger partial charge in [-0.2, -0.15) is 0 Å². The van der Waals surface area contributed by atoms with Crippen LogP contribution in [0, 0.1) is 5.41 Å². The second-order valence-corrected chi connectivity index (χ2v) is 13.3. The van der Waals surface area contributed by atoms with Gasteiger partial charge in [0.2, 0.25) is 6.79 Å². The minimum atomic E-state index is -1.01. The van der Waals surface area contributed by atoms with Crippen LogP contribution < -0.4 is 24.5 Å². The molecule has 4 heterocycles. The molecule has 7 rings (SSSR count). The fraction of sp³-hybridized carbons (Fsp3) is 0.405. The van der Waals surface area contributed by atoms with Gasteiger partial charge in [-0.25, -0.2) is 9.59 Å². The number of methoxy groups -OCH3 is 2. The molecule has 0 spiro atoms. The molecule has 15 nitrogen and oxygen atoms in total. The van der Waals surface area contributed by atoms with Gasteiger partial charge in [0.05, 0.1) is 36.1 Å². The second kappa shape index (κ2) is 13.7. The molecule has 2 aliphatic heterocycles. The van der Waals surface area contributed by atoms with Gasteiger partial charge >= 0.3 is 12.1 Å². The number of rotatable bonds is 8. The van der Waals surface area contributed by atoms with E-state index in [1.54, 1.807) is 55.1 Å². The van der Waals surface area contributed by atoms with Gasteiger partial charge in [0.15, 0.2) is 23.0 Å². The number of ether oxygens (including phenoxy) is 5. The Morgan fingerprint density at radius 3 is 2.35 bits per heavy atom. The van der Waals surface area contributed by atoms with E-state index in [1.165, 1.54) is 19.1 Å². The first-order chi connectivity index (χ1) is 25.0. The van der Waals surface area contributed by atoms with Crippen molar-refractivity contribution in [1.82, 2.24) is 19.5 Å². The number of aromatic nitrogens is 2. The van der Waals surface area contributed by atoms with Gasteiger partial charge in [-0.15, -0.1) is 5.06 Å². The maximum atomic E-state index is 14.3. The van der Waals surface area contributed by atoms with Gasteiger partial charge in [0.1, 0.15) is 6.10 Å². The van der Waals surface area contributed by atoms with Crippen molar-refractivity contribution < 1.29 is 47.7 Å². The third-order valence-electron chi connectivity index (χ3n) is 9.98. The van der Waals surface area contributed by atoms with Gasteiger partial charge in [-0.1, -0.05) is 6.08 Å². The summed E-state index contributed by atoms with van der Waals surface area (Å²) in [4.78, 5) is 76.2. The van der Waals surface area contributed by atoms with Gasteiger partial charge in [-0.3, -0.25) is 19.4 Å². The zero-order valence-electron chi connectivity index (χ0n) is 29.3. The molecular weight excluding hydrogens is 676 g/mol. The average molecular weight is 715 g/mol. The maximum Gasteiger partial charge on any atom is 0.410 e. The number of pyridine rings is 2. The number of hydrogen-bond donors (Lipinski definition) is 0. The smallest absolute Gasteiger partial charge is 0.410 e. The molecule has 272 valence electrons. The van der Waals surface area contributed by atoms with E-state index in [9.17, 15) is 24.0 Å². The van der Waals surface area contributed by atoms with Gasteiger partial charge < -0.3 is 38.0 Å². The SMILES string of the molecule is COc1cc2c(=O)n(CCN(C)C(=O)O[C@H]3/C=C/CC[C@@](C)(C(=O)ON4C(=O)CCC4=O)CC3)c3c4cc5c(cc4ncc3c2cc1OC)OCO5. The monoisotopic (exact) mass is 714 g/mol. The van der Waals surface area contributed by atoms with Crippen molar-refractivity contribution in [2.24, 2.45) is 5.41 Å². The third kappa shape index (κ3) is 6.20. The molecule has 0 N–H and O–H groups in total. The molecule has 1 saturated heterocycles. The largest absolute Gasteiger partial charge is 0.493 e. The van der Waals surface area contributed by atoms with E-state index in [2.05, 4.69) is 4.98 Å². The molecule has 2 aromatic heterocycles. The summed E-state index contributed by atoms with van der Waals surface area (Å²) >= 11 is 0. The van der Waals surface area contributed by atoms with E-state index in [0.717, 1.165) is 0 Å². The van der Waals surface area contributed by atoms with Gasteiger partial charge in [0, 0.05) is 61.4 Å². The van der Waals surface area contributed by atoms with Crippen molar-refractivity contribution in [3.8, 4) is 23.0 Å². The number of carbonyl (C=O) groups excluding carboxylic acids is 4. The molecule has 2 aromatic carbocycles. The molecule has 4 aromatic rings. The summed E-state index contributed by atoms with van der Waals surface area (Å²) in [5.41, 5.74) is -0.115. The summed E-state index contributed by atoms with van der Waals surface area (Å²) in [5, 5.41) is 2.92. The Morgan fingerprint density at radius 1 is 0.942 bits per heavy atom. The Morgan fingerprint density at radius 2 is 1.63 bits per heavy atom. The molecule has 3 amide bonds. The predicted molar refractivity (Wildman–Crippen MR) is 186 cm³/mol. The lowest BCUT2D eigenvalue weighted by Crippen LogP contribution is -2.40. The first kappa shape index (κ1) is 34.6. The van der Waals surface area contributed by atoms with E-state index in [1.807, 2.05) is 6.08 Å². The lowest BCUT2D eigenvalue weighted by molar-refractivity contribution is -0.205. The molecule has 0 saturated carbocycles. The van der Waals surface area contributed by atoms with Gasteiger partial charge in [0.25, 0.3) is 17.4 Å². The molecule has 0 radical (unpaired) electrons. The van der Waals surface area contributed by atoms with E-state index >= 15 is 0 Å². The first-order valence-corrected chi connectivity index (χ1v) is 17.0. The van der Waals surface area contributed by atoms with Crippen LogP contribution in [0.15, 0.2) is 47.4 Å². The number of hydroxylamine groups is 2. The molecule has 2 atom stereocenters. The van der Waals surface area contributed by atoms with Crippen molar-refractivity contribution in [2.45, 2.75) is 58.1 Å². The minimum absolute atomic E-state index is 0.00671. The summed E-state index contributed by atoms with van der Waals surface area (Å²) < 4.78 is 29.7. The Bertz CT molecular complexity index is 2220. The van der Waals surface area contributed by atoms with Gasteiger partial charge in [-0.05, 0) is 56.9 Å². The highest BCUT2D eigenvalue weighted by Crippen LogP contribution is 2.40. The van der Waals surface area contributed by atoms with Crippen molar-refractivity contribution in [2.75, 3.05) is 34.6 Å². The quantitative estimate of drug-likeness (QED) is 0.141. The lowest BCUT2D eigenvalue weighted by atomic mass is 9.79. The highest BCUT2D eigenvalue weighted by molar-refractivity contribution is 6.15. The topological polar surface area (TPSA) is 165 Å². The van der Waals surface area contributed by atoms with Crippen molar-refractivity contribution in [1.29, 1.82) is 0 Å². The molecular formula is C37H38N4O11. The molecule has 1 fully saturated rings. The molecule has 1 aliphatic carbocycles. The summed E-state index contributed by atoms with van der Waals surface area (Å²) in [6.07, 6.45) is 5.59. The number of benzene rings is 2. The van der Waals surface area contributed by atoms with E-state index < -0.39 is 35.4 Å². The number of amides is 3. The fourth-order valence-corrected chi connectivity index (χ4v) is 6.84. The summed E-state index contributed by atoms with van der Waals surface area (Å²) in [7, 11) is 4.61. The molecule has 3 aliphatic rings. The number of carbonyl (C=O) groups is 4. The zero-order chi connectivity index (χ0) is 36.7. The van der Waals surface area contributed by atoms with E-state index in [-0.39, 0.29) is 38.3 Å². The minimum Gasteiger partial charge on any atom is -0.493 e. The number of allylic oxidation sites excluding steroid dienone is 1. The normalized spacial score (nSPS) is 20.5. The number of fused-ring (bicyclic) bond motifs is 6. The average Bonchev–Trinajstić information content (AvgIpc) is 3.73. The highest BCUT2D eigenvalue weighted by Gasteiger charge is 2.41. The zero-order valence-corrected chi connectivity index (χ0v) is 29.3. The standard InChI is InChI=1S/C37H38N4O11/c1-37(35(45)52-41-31(42)8-9-32(41)43)11-6-5-7-21(10-12-37)51-36(46)39(2)13-14-40-33-24-17-29-30(50-20-49-29)18-26(24)38-19-25(33)22-15-27(47-3)28(48-4)16-23(22)34(40)44/h5,7,15-19,21H,6,8-14,20H2,1-4H3/b7-5+/t21-,37+/m0/s1. The van der Waals surface area contributed by atoms with Crippen LogP contribution >= 0.6 is 0 Å². The molecule has 15 heteroatoms. The van der Waals surface area contributed by atoms with Crippen LogP contribution in [0.5, 0.6) is 23.0 Å². The Kier molecular flexibility index (Phi) is 9.11. The number of nitrogens with zero attached hydrogens (tertiary/aromatic N) is 4. The molecule has 0 unspecified atom stereocenters. The summed E-state index contributed by atoms with van der Waals surface area (Å²) in [6.45, 7) is 2.01. The first-order valence-electron chi connectivity index (χ1n) is 17.0. The Labute approximate surface area is 297 Å². The summed E-state index contributed by atoms with van der Waals surface area (Å²) in [5.74, 6) is 0.175. The van der Waals surface area contributed by atoms with Crippen LogP contribution in [-0.4, -0.2) is 84.1 Å². The Balaban J connectivity index is 1.13. The predicted octanol–water partition coefficient (Wildman–Crippen LogP) is 4.63. The van der Waals surface area contributed by atoms with Crippen molar-refractivity contribution in [3.63, 3.8) is 0 Å². The van der Waals surface area contributed by atoms with Crippen LogP contribution in [0.3, 0.4) is 0 Å². The lowest BCUT2D eigenvalue weighted by Gasteiger charge is -2.31. The van der Waals surface area contributed by atoms with Crippen LogP contribution in [0.25, 0.3) is 32.6 Å². The van der Waals surface area contributed by atoms with Crippen LogP contribution in [-0.2, 0) is 30.5 Å². The summed E-state index contributed by atoms with van der Waals surface area (Å²) in [6, 6.07) is 6.97. The third-order valence-corrected chi connectivity index (χ3v) is 9.98. The second-order valence-electron chi connectivity index (χ2n) is 13.3. The fourth-order valence-electron chi connectivity index (χ4n) is 6.84. The Hall–Kier alpha value is -5.86. The van der Waals surface area contributed by atoms with Crippen LogP contribution in [0.1, 0.15) is 45.4 Å². The van der Waals surface area contributed by atoms with Crippen molar-refractivity contribution >= 4 is 56.5 Å². The maximum absolute atomic E-state index is 14.3. The van der Waals surface area contributed by atoms with Crippen LogP contribution in [0.4, 0.5) is 4.79 Å². The van der Waals surface area contributed by atoms with Crippen molar-refractivity contribution in [3.05, 3.63) is 53.0 Å².